The average Bonchev–Trinajstić information content (AvgIpc) is 2.36. The third kappa shape index (κ3) is 8.35. The summed E-state index contributed by atoms with van der Waals surface area (Å²) in [6, 6.07) is 9.63. The Bertz CT molecular complexity index is 371. The molecule has 0 unspecified atom stereocenters. The predicted molar refractivity (Wildman–Crippen MR) is 74.8 cm³/mol. The number of carbonyl (C=O) groups excluding carboxylic acids is 1. The molecular weight excluding hydrogens is 242 g/mol. The second kappa shape index (κ2) is 7.92. The van der Waals surface area contributed by atoms with E-state index in [-0.39, 0.29) is 18.1 Å². The molecule has 0 aromatic heterocycles. The molecule has 19 heavy (non-hydrogen) atoms. The minimum atomic E-state index is -0.250. The Labute approximate surface area is 115 Å². The zero-order chi connectivity index (χ0) is 14.1. The van der Waals surface area contributed by atoms with E-state index in [2.05, 4.69) is 5.32 Å². The van der Waals surface area contributed by atoms with Crippen molar-refractivity contribution in [3.05, 3.63) is 35.9 Å². The fourth-order valence-electron chi connectivity index (χ4n) is 1.41. The summed E-state index contributed by atoms with van der Waals surface area (Å²) in [5.41, 5.74) is 0.849. The van der Waals surface area contributed by atoms with Crippen LogP contribution in [0.25, 0.3) is 0 Å². The number of esters is 1. The van der Waals surface area contributed by atoms with Crippen molar-refractivity contribution in [2.45, 2.75) is 33.0 Å². The van der Waals surface area contributed by atoms with Gasteiger partial charge in [0, 0.05) is 6.54 Å². The van der Waals surface area contributed by atoms with E-state index in [4.69, 9.17) is 9.47 Å². The molecule has 1 rings (SSSR count). The maximum absolute atomic E-state index is 11.5. The van der Waals surface area contributed by atoms with Crippen LogP contribution in [0, 0.1) is 0 Å². The van der Waals surface area contributed by atoms with Gasteiger partial charge in [0.1, 0.15) is 6.61 Å². The summed E-state index contributed by atoms with van der Waals surface area (Å²) < 4.78 is 10.7. The van der Waals surface area contributed by atoms with Crippen LogP contribution in [-0.2, 0) is 20.9 Å². The van der Waals surface area contributed by atoms with Crippen LogP contribution < -0.4 is 5.32 Å². The average molecular weight is 265 g/mol. The summed E-state index contributed by atoms with van der Waals surface area (Å²) in [5.74, 6) is -0.250. The highest BCUT2D eigenvalue weighted by molar-refractivity contribution is 5.71. The molecular formula is C15H23NO3. The number of benzene rings is 1. The Kier molecular flexibility index (Phi) is 6.53. The van der Waals surface area contributed by atoms with Crippen LogP contribution in [-0.4, -0.2) is 31.3 Å². The largest absolute Gasteiger partial charge is 0.460 e. The molecule has 4 nitrogen and oxygen atoms in total. The van der Waals surface area contributed by atoms with Crippen molar-refractivity contribution in [1.29, 1.82) is 0 Å². The Hall–Kier alpha value is -1.39. The number of hydrogen-bond acceptors (Lipinski definition) is 4. The van der Waals surface area contributed by atoms with E-state index in [1.54, 1.807) is 0 Å². The van der Waals surface area contributed by atoms with Gasteiger partial charge in [0.15, 0.2) is 0 Å². The first-order valence-electron chi connectivity index (χ1n) is 6.51. The van der Waals surface area contributed by atoms with Gasteiger partial charge >= 0.3 is 5.97 Å². The van der Waals surface area contributed by atoms with Gasteiger partial charge in [-0.15, -0.1) is 0 Å². The summed E-state index contributed by atoms with van der Waals surface area (Å²) in [7, 11) is 0. The fraction of sp³-hybridized carbons (Fsp3) is 0.533. The van der Waals surface area contributed by atoms with E-state index in [0.717, 1.165) is 5.56 Å². The molecule has 0 heterocycles. The van der Waals surface area contributed by atoms with Crippen LogP contribution in [0.3, 0.4) is 0 Å². The van der Waals surface area contributed by atoms with Gasteiger partial charge in [-0.25, -0.2) is 0 Å². The normalized spacial score (nSPS) is 11.3. The Morgan fingerprint density at radius 2 is 1.89 bits per heavy atom. The number of hydrogen-bond donors (Lipinski definition) is 1. The number of carbonyl (C=O) groups is 1. The van der Waals surface area contributed by atoms with Crippen molar-refractivity contribution in [2.75, 3.05) is 19.7 Å². The van der Waals surface area contributed by atoms with Crippen LogP contribution in [0.2, 0.25) is 0 Å². The zero-order valence-electron chi connectivity index (χ0n) is 11.9. The number of rotatable bonds is 7. The maximum atomic E-state index is 11.5. The van der Waals surface area contributed by atoms with E-state index < -0.39 is 0 Å². The van der Waals surface area contributed by atoms with E-state index >= 15 is 0 Å². The number of ether oxygens (including phenoxy) is 2. The molecule has 1 aromatic carbocycles. The molecule has 0 atom stereocenters. The van der Waals surface area contributed by atoms with Gasteiger partial charge in [-0.3, -0.25) is 4.79 Å². The molecule has 106 valence electrons. The van der Waals surface area contributed by atoms with Gasteiger partial charge in [-0.05, 0) is 26.3 Å². The summed E-state index contributed by atoms with van der Waals surface area (Å²) in [6.07, 6.45) is 0. The van der Waals surface area contributed by atoms with Crippen LogP contribution in [0.5, 0.6) is 0 Å². The van der Waals surface area contributed by atoms with Crippen LogP contribution in [0.15, 0.2) is 30.3 Å². The molecule has 0 amide bonds. The van der Waals surface area contributed by atoms with Crippen molar-refractivity contribution in [2.24, 2.45) is 0 Å². The van der Waals surface area contributed by atoms with E-state index in [1.165, 1.54) is 0 Å². The Balaban J connectivity index is 2.06. The van der Waals surface area contributed by atoms with E-state index in [0.29, 0.717) is 19.8 Å². The fourth-order valence-corrected chi connectivity index (χ4v) is 1.41. The molecule has 1 aromatic rings. The first kappa shape index (κ1) is 15.7. The molecule has 0 aliphatic heterocycles. The van der Waals surface area contributed by atoms with Gasteiger partial charge in [0.2, 0.25) is 0 Å². The Morgan fingerprint density at radius 1 is 1.21 bits per heavy atom. The second-order valence-corrected chi connectivity index (χ2v) is 5.28. The summed E-state index contributed by atoms with van der Waals surface area (Å²) >= 11 is 0. The number of nitrogens with one attached hydrogen (secondary N) is 1. The quantitative estimate of drug-likeness (QED) is 0.606. The monoisotopic (exact) mass is 265 g/mol. The van der Waals surface area contributed by atoms with Gasteiger partial charge < -0.3 is 14.8 Å². The SMILES string of the molecule is CC(C)(C)OCCNCC(=O)OCc1ccccc1. The van der Waals surface area contributed by atoms with Crippen molar-refractivity contribution in [3.63, 3.8) is 0 Å². The lowest BCUT2D eigenvalue weighted by Gasteiger charge is -2.19. The summed E-state index contributed by atoms with van der Waals surface area (Å²) in [5, 5.41) is 2.99. The summed E-state index contributed by atoms with van der Waals surface area (Å²) in [4.78, 5) is 11.5. The van der Waals surface area contributed by atoms with E-state index in [1.807, 2.05) is 51.1 Å². The lowest BCUT2D eigenvalue weighted by molar-refractivity contribution is -0.143. The van der Waals surface area contributed by atoms with Gasteiger partial charge in [-0.1, -0.05) is 30.3 Å². The first-order chi connectivity index (χ1) is 8.97. The summed E-state index contributed by atoms with van der Waals surface area (Å²) in [6.45, 7) is 7.75. The lowest BCUT2D eigenvalue weighted by atomic mass is 10.2. The molecule has 0 saturated carbocycles. The maximum Gasteiger partial charge on any atom is 0.320 e. The molecule has 4 heteroatoms. The smallest absolute Gasteiger partial charge is 0.320 e. The molecule has 0 bridgehead atoms. The van der Waals surface area contributed by atoms with Crippen LogP contribution in [0.4, 0.5) is 0 Å². The predicted octanol–water partition coefficient (Wildman–Crippen LogP) is 2.13. The zero-order valence-corrected chi connectivity index (χ0v) is 11.9. The second-order valence-electron chi connectivity index (χ2n) is 5.28. The minimum absolute atomic E-state index is 0.143. The molecule has 0 aliphatic carbocycles. The highest BCUT2D eigenvalue weighted by Crippen LogP contribution is 2.05. The molecule has 0 saturated heterocycles. The first-order valence-corrected chi connectivity index (χ1v) is 6.51. The highest BCUT2D eigenvalue weighted by atomic mass is 16.5. The van der Waals surface area contributed by atoms with Crippen molar-refractivity contribution in [1.82, 2.24) is 5.32 Å². The van der Waals surface area contributed by atoms with Crippen LogP contribution >= 0.6 is 0 Å². The molecule has 0 spiro atoms. The third-order valence-corrected chi connectivity index (χ3v) is 2.33. The minimum Gasteiger partial charge on any atom is -0.460 e. The molecule has 1 N–H and O–H groups in total. The third-order valence-electron chi connectivity index (χ3n) is 2.33. The van der Waals surface area contributed by atoms with Crippen molar-refractivity contribution in [3.8, 4) is 0 Å². The van der Waals surface area contributed by atoms with Crippen LogP contribution in [0.1, 0.15) is 26.3 Å². The topological polar surface area (TPSA) is 47.6 Å². The van der Waals surface area contributed by atoms with Gasteiger partial charge in [0.05, 0.1) is 18.8 Å². The molecule has 0 fully saturated rings. The van der Waals surface area contributed by atoms with E-state index in [9.17, 15) is 4.79 Å². The molecule has 0 radical (unpaired) electrons. The Morgan fingerprint density at radius 3 is 2.53 bits per heavy atom. The van der Waals surface area contributed by atoms with Crippen molar-refractivity contribution >= 4 is 5.97 Å². The lowest BCUT2D eigenvalue weighted by Crippen LogP contribution is -2.30. The highest BCUT2D eigenvalue weighted by Gasteiger charge is 2.09. The van der Waals surface area contributed by atoms with Gasteiger partial charge in [0.25, 0.3) is 0 Å². The standard InChI is InChI=1S/C15H23NO3/c1-15(2,3)19-10-9-16-11-14(17)18-12-13-7-5-4-6-8-13/h4-8,16H,9-12H2,1-3H3. The van der Waals surface area contributed by atoms with Crippen molar-refractivity contribution < 1.29 is 14.3 Å². The molecule has 0 aliphatic rings. The van der Waals surface area contributed by atoms with Gasteiger partial charge in [-0.2, -0.15) is 0 Å².